The molecule has 5 rings (SSSR count). The van der Waals surface area contributed by atoms with Gasteiger partial charge in [-0.1, -0.05) is 12.1 Å². The van der Waals surface area contributed by atoms with Crippen LogP contribution in [0.4, 0.5) is 17.6 Å². The molecule has 0 spiro atoms. The molecule has 41 heavy (non-hydrogen) atoms. The highest BCUT2D eigenvalue weighted by molar-refractivity contribution is 6.11. The number of aryl methyl sites for hydroxylation is 1. The van der Waals surface area contributed by atoms with Crippen molar-refractivity contribution < 1.29 is 31.6 Å². The minimum absolute atomic E-state index is 0.0241. The lowest BCUT2D eigenvalue weighted by molar-refractivity contribution is -0.134. The summed E-state index contributed by atoms with van der Waals surface area (Å²) in [5.41, 5.74) is 1.38. The predicted octanol–water partition coefficient (Wildman–Crippen LogP) is 7.07. The molecule has 0 atom stereocenters. The highest BCUT2D eigenvalue weighted by atomic mass is 19.4. The van der Waals surface area contributed by atoms with Crippen molar-refractivity contribution in [1.29, 1.82) is 0 Å². The molecular weight excluding hydrogens is 538 g/mol. The van der Waals surface area contributed by atoms with E-state index in [2.05, 4.69) is 15.6 Å². The standard InChI is InChI=1S/C31H29F4N3O3/c1-30(2,20-9-10-20)38-27(39)19-6-4-5-18(15-19)22-16-23-25(28(40)36-3)26(17-7-11-21(32)12-8-17)41-29(23)37-24(22)13-14-31(33,34)35/h4-8,11-12,15-16,20H,9-10,13-14H2,1-3H3,(H,36,40)(H,38,39). The quantitative estimate of drug-likeness (QED) is 0.223. The molecule has 0 radical (unpaired) electrons. The SMILES string of the molecule is CNC(=O)c1c(-c2ccc(F)cc2)oc2nc(CCC(F)(F)F)c(-c3cccc(C(=O)NC(C)(C)C4CC4)c3)cc12. The van der Waals surface area contributed by atoms with Crippen LogP contribution in [0.2, 0.25) is 0 Å². The maximum atomic E-state index is 13.6. The third-order valence-electron chi connectivity index (χ3n) is 7.44. The molecule has 1 aliphatic carbocycles. The van der Waals surface area contributed by atoms with Gasteiger partial charge < -0.3 is 15.1 Å². The molecule has 2 aromatic heterocycles. The summed E-state index contributed by atoms with van der Waals surface area (Å²) in [5, 5.41) is 5.90. The molecule has 2 amide bonds. The van der Waals surface area contributed by atoms with Crippen LogP contribution in [0, 0.1) is 11.7 Å². The normalized spacial score (nSPS) is 13.8. The first-order chi connectivity index (χ1) is 19.4. The molecule has 1 saturated carbocycles. The minimum atomic E-state index is -4.43. The lowest BCUT2D eigenvalue weighted by Crippen LogP contribution is -2.45. The van der Waals surface area contributed by atoms with Gasteiger partial charge in [0, 0.05) is 35.7 Å². The number of hydrogen-bond donors (Lipinski definition) is 2. The number of rotatable bonds is 8. The summed E-state index contributed by atoms with van der Waals surface area (Å²) in [6.45, 7) is 3.94. The zero-order valence-electron chi connectivity index (χ0n) is 22.8. The number of hydrogen-bond acceptors (Lipinski definition) is 4. The largest absolute Gasteiger partial charge is 0.437 e. The zero-order valence-corrected chi connectivity index (χ0v) is 22.8. The summed E-state index contributed by atoms with van der Waals surface area (Å²) in [5.74, 6) is -0.765. The lowest BCUT2D eigenvalue weighted by Gasteiger charge is -2.26. The fourth-order valence-electron chi connectivity index (χ4n) is 5.01. The molecule has 2 heterocycles. The first-order valence-electron chi connectivity index (χ1n) is 13.3. The van der Waals surface area contributed by atoms with Gasteiger partial charge in [0.05, 0.1) is 16.6 Å². The van der Waals surface area contributed by atoms with Crippen LogP contribution in [0.1, 0.15) is 59.5 Å². The second-order valence-electron chi connectivity index (χ2n) is 10.9. The van der Waals surface area contributed by atoms with Gasteiger partial charge in [-0.25, -0.2) is 9.37 Å². The minimum Gasteiger partial charge on any atom is -0.437 e. The fourth-order valence-corrected chi connectivity index (χ4v) is 5.01. The van der Waals surface area contributed by atoms with Gasteiger partial charge in [0.25, 0.3) is 11.8 Å². The Hall–Kier alpha value is -4.21. The fraction of sp³-hybridized carbons (Fsp3) is 0.323. The Bertz CT molecular complexity index is 1620. The molecule has 4 aromatic rings. The number of amides is 2. The highest BCUT2D eigenvalue weighted by Gasteiger charge is 2.39. The van der Waals surface area contributed by atoms with Crippen molar-refractivity contribution in [3.05, 3.63) is 77.2 Å². The summed E-state index contributed by atoms with van der Waals surface area (Å²) in [7, 11) is 1.44. The number of aromatic nitrogens is 1. The molecule has 214 valence electrons. The second kappa shape index (κ2) is 10.6. The van der Waals surface area contributed by atoms with Gasteiger partial charge in [0.15, 0.2) is 0 Å². The van der Waals surface area contributed by atoms with Crippen LogP contribution in [-0.4, -0.2) is 35.6 Å². The molecule has 1 fully saturated rings. The number of benzene rings is 2. The van der Waals surface area contributed by atoms with E-state index in [9.17, 15) is 27.2 Å². The number of pyridine rings is 1. The molecule has 0 aliphatic heterocycles. The van der Waals surface area contributed by atoms with Gasteiger partial charge in [-0.15, -0.1) is 0 Å². The van der Waals surface area contributed by atoms with Gasteiger partial charge in [-0.05, 0) is 87.1 Å². The number of nitrogens with zero attached hydrogens (tertiary/aromatic N) is 1. The van der Waals surface area contributed by atoms with Crippen molar-refractivity contribution in [3.8, 4) is 22.5 Å². The van der Waals surface area contributed by atoms with E-state index in [1.807, 2.05) is 13.8 Å². The number of nitrogens with one attached hydrogen (secondary N) is 2. The molecule has 10 heteroatoms. The topological polar surface area (TPSA) is 84.2 Å². The van der Waals surface area contributed by atoms with Crippen LogP contribution in [0.25, 0.3) is 33.6 Å². The van der Waals surface area contributed by atoms with E-state index in [-0.39, 0.29) is 39.6 Å². The highest BCUT2D eigenvalue weighted by Crippen LogP contribution is 2.40. The summed E-state index contributed by atoms with van der Waals surface area (Å²) >= 11 is 0. The molecule has 1 aliphatic rings. The van der Waals surface area contributed by atoms with Gasteiger partial charge in [0.1, 0.15) is 11.6 Å². The van der Waals surface area contributed by atoms with E-state index in [0.717, 1.165) is 12.8 Å². The molecule has 6 nitrogen and oxygen atoms in total. The Labute approximate surface area is 234 Å². The third kappa shape index (κ3) is 6.11. The Morgan fingerprint density at radius 1 is 1.00 bits per heavy atom. The maximum Gasteiger partial charge on any atom is 0.389 e. The van der Waals surface area contributed by atoms with Crippen LogP contribution < -0.4 is 10.6 Å². The first-order valence-corrected chi connectivity index (χ1v) is 13.3. The summed E-state index contributed by atoms with van der Waals surface area (Å²) in [6.07, 6.45) is -3.91. The van der Waals surface area contributed by atoms with Gasteiger partial charge in [-0.3, -0.25) is 9.59 Å². The van der Waals surface area contributed by atoms with Crippen molar-refractivity contribution in [2.45, 2.75) is 51.2 Å². The van der Waals surface area contributed by atoms with Crippen molar-refractivity contribution in [2.24, 2.45) is 5.92 Å². The molecular formula is C31H29F4N3O3. The van der Waals surface area contributed by atoms with Crippen molar-refractivity contribution in [2.75, 3.05) is 7.05 Å². The van der Waals surface area contributed by atoms with Crippen LogP contribution in [-0.2, 0) is 6.42 Å². The summed E-state index contributed by atoms with van der Waals surface area (Å²) in [4.78, 5) is 30.6. The number of halogens is 4. The molecule has 0 unspecified atom stereocenters. The Balaban J connectivity index is 1.65. The number of carbonyl (C=O) groups is 2. The number of fused-ring (bicyclic) bond motifs is 1. The van der Waals surface area contributed by atoms with Gasteiger partial charge >= 0.3 is 6.18 Å². The lowest BCUT2D eigenvalue weighted by atomic mass is 9.95. The predicted molar refractivity (Wildman–Crippen MR) is 147 cm³/mol. The second-order valence-corrected chi connectivity index (χ2v) is 10.9. The van der Waals surface area contributed by atoms with Crippen molar-refractivity contribution in [3.63, 3.8) is 0 Å². The van der Waals surface area contributed by atoms with E-state index in [1.54, 1.807) is 30.3 Å². The first kappa shape index (κ1) is 28.3. The third-order valence-corrected chi connectivity index (χ3v) is 7.44. The van der Waals surface area contributed by atoms with E-state index < -0.39 is 30.7 Å². The van der Waals surface area contributed by atoms with Crippen molar-refractivity contribution in [1.82, 2.24) is 15.6 Å². The number of carbonyl (C=O) groups excluding carboxylic acids is 2. The zero-order chi connectivity index (χ0) is 29.5. The summed E-state index contributed by atoms with van der Waals surface area (Å²) in [6, 6.07) is 13.5. The van der Waals surface area contributed by atoms with E-state index in [1.165, 1.54) is 31.3 Å². The summed E-state index contributed by atoms with van der Waals surface area (Å²) < 4.78 is 59.3. The van der Waals surface area contributed by atoms with Crippen LogP contribution in [0.15, 0.2) is 59.0 Å². The Kier molecular flexibility index (Phi) is 7.35. The van der Waals surface area contributed by atoms with Gasteiger partial charge in [0.2, 0.25) is 5.71 Å². The monoisotopic (exact) mass is 567 g/mol. The average molecular weight is 568 g/mol. The van der Waals surface area contributed by atoms with Crippen LogP contribution in [0.5, 0.6) is 0 Å². The van der Waals surface area contributed by atoms with E-state index in [0.29, 0.717) is 28.2 Å². The Morgan fingerprint density at radius 2 is 1.71 bits per heavy atom. The van der Waals surface area contributed by atoms with Crippen molar-refractivity contribution >= 4 is 22.9 Å². The molecule has 2 N–H and O–H groups in total. The number of furan rings is 1. The Morgan fingerprint density at radius 3 is 2.34 bits per heavy atom. The van der Waals surface area contributed by atoms with Gasteiger partial charge in [-0.2, -0.15) is 13.2 Å². The average Bonchev–Trinajstić information content (AvgIpc) is 3.73. The maximum absolute atomic E-state index is 13.6. The molecule has 0 bridgehead atoms. The smallest absolute Gasteiger partial charge is 0.389 e. The molecule has 2 aromatic carbocycles. The van der Waals surface area contributed by atoms with E-state index >= 15 is 0 Å². The van der Waals surface area contributed by atoms with Crippen LogP contribution >= 0.6 is 0 Å². The number of alkyl halides is 3. The molecule has 0 saturated heterocycles. The van der Waals surface area contributed by atoms with E-state index in [4.69, 9.17) is 4.42 Å². The van der Waals surface area contributed by atoms with Crippen LogP contribution in [0.3, 0.4) is 0 Å².